The van der Waals surface area contributed by atoms with E-state index in [2.05, 4.69) is 15.1 Å². The molecule has 1 aliphatic heterocycles. The maximum absolute atomic E-state index is 12.1. The van der Waals surface area contributed by atoms with E-state index in [1.807, 2.05) is 44.2 Å². The van der Waals surface area contributed by atoms with Crippen molar-refractivity contribution in [3.8, 4) is 5.69 Å². The van der Waals surface area contributed by atoms with Crippen LogP contribution < -0.4 is 5.43 Å². The molecule has 6 nitrogen and oxygen atoms in total. The number of nitrogens with zero attached hydrogens (tertiary/aromatic N) is 3. The van der Waals surface area contributed by atoms with Gasteiger partial charge in [0.1, 0.15) is 0 Å². The van der Waals surface area contributed by atoms with Crippen LogP contribution in [0.25, 0.3) is 5.69 Å². The van der Waals surface area contributed by atoms with E-state index in [1.165, 1.54) is 0 Å². The fourth-order valence-electron chi connectivity index (χ4n) is 3.35. The summed E-state index contributed by atoms with van der Waals surface area (Å²) in [6, 6.07) is 9.56. The lowest BCUT2D eigenvalue weighted by molar-refractivity contribution is -0.146. The number of likely N-dealkylation sites (tertiary alicyclic amines) is 1. The van der Waals surface area contributed by atoms with Crippen LogP contribution in [0, 0.1) is 13.8 Å². The Hall–Kier alpha value is -2.60. The molecule has 0 spiro atoms. The summed E-state index contributed by atoms with van der Waals surface area (Å²) < 4.78 is 2.08. The number of benzene rings is 1. The van der Waals surface area contributed by atoms with Crippen LogP contribution in [0.2, 0.25) is 5.02 Å². The van der Waals surface area contributed by atoms with E-state index in [1.54, 1.807) is 11.1 Å². The first-order valence-corrected chi connectivity index (χ1v) is 9.42. The molecule has 1 aromatic heterocycles. The second kappa shape index (κ2) is 8.39. The van der Waals surface area contributed by atoms with Gasteiger partial charge in [-0.1, -0.05) is 11.6 Å². The van der Waals surface area contributed by atoms with Crippen LogP contribution in [0.4, 0.5) is 0 Å². The van der Waals surface area contributed by atoms with Crippen LogP contribution in [-0.4, -0.2) is 40.6 Å². The first-order valence-electron chi connectivity index (χ1n) is 9.04. The third kappa shape index (κ3) is 4.39. The first-order chi connectivity index (χ1) is 13.0. The van der Waals surface area contributed by atoms with Crippen molar-refractivity contribution in [3.63, 3.8) is 0 Å². The molecule has 2 amide bonds. The average Bonchev–Trinajstić information content (AvgIpc) is 2.96. The second-order valence-electron chi connectivity index (χ2n) is 6.69. The van der Waals surface area contributed by atoms with Crippen molar-refractivity contribution < 1.29 is 9.59 Å². The van der Waals surface area contributed by atoms with Crippen molar-refractivity contribution in [1.29, 1.82) is 0 Å². The van der Waals surface area contributed by atoms with Gasteiger partial charge in [-0.25, -0.2) is 5.43 Å². The number of carbonyl (C=O) groups is 2. The minimum Gasteiger partial charge on any atom is -0.334 e. The Morgan fingerprint density at radius 3 is 2.44 bits per heavy atom. The molecule has 1 aromatic carbocycles. The smallest absolute Gasteiger partial charge is 0.329 e. The van der Waals surface area contributed by atoms with Crippen molar-refractivity contribution in [2.45, 2.75) is 33.1 Å². The highest BCUT2D eigenvalue weighted by atomic mass is 35.5. The molecule has 142 valence electrons. The number of halogens is 1. The van der Waals surface area contributed by atoms with E-state index in [4.69, 9.17) is 11.6 Å². The standard InChI is InChI=1S/C20H23ClN4O2/c1-14-12-16(15(2)25(14)18-8-6-17(21)7-9-18)13-22-23-19(26)20(27)24-10-4-3-5-11-24/h6-9,12-13H,3-5,10-11H2,1-2H3,(H,23,26)/b22-13-. The van der Waals surface area contributed by atoms with Crippen molar-refractivity contribution in [1.82, 2.24) is 14.9 Å². The highest BCUT2D eigenvalue weighted by Gasteiger charge is 2.22. The highest BCUT2D eigenvalue weighted by molar-refractivity contribution is 6.35. The lowest BCUT2D eigenvalue weighted by atomic mass is 10.1. The van der Waals surface area contributed by atoms with Crippen LogP contribution >= 0.6 is 11.6 Å². The molecule has 2 aromatic rings. The number of nitrogens with one attached hydrogen (secondary N) is 1. The van der Waals surface area contributed by atoms with Crippen molar-refractivity contribution in [3.05, 3.63) is 52.3 Å². The van der Waals surface area contributed by atoms with E-state index in [-0.39, 0.29) is 0 Å². The maximum Gasteiger partial charge on any atom is 0.329 e. The number of piperidine rings is 1. The van der Waals surface area contributed by atoms with E-state index < -0.39 is 11.8 Å². The fourth-order valence-corrected chi connectivity index (χ4v) is 3.48. The minimum atomic E-state index is -0.695. The molecule has 3 rings (SSSR count). The van der Waals surface area contributed by atoms with Crippen LogP contribution in [0.3, 0.4) is 0 Å². The van der Waals surface area contributed by atoms with Gasteiger partial charge in [-0.05, 0) is 63.4 Å². The van der Waals surface area contributed by atoms with Gasteiger partial charge in [0.25, 0.3) is 0 Å². The molecule has 1 fully saturated rings. The first kappa shape index (κ1) is 19.2. The van der Waals surface area contributed by atoms with Crippen molar-refractivity contribution in [2.24, 2.45) is 5.10 Å². The quantitative estimate of drug-likeness (QED) is 0.500. The zero-order valence-electron chi connectivity index (χ0n) is 15.5. The molecule has 0 radical (unpaired) electrons. The Labute approximate surface area is 163 Å². The van der Waals surface area contributed by atoms with Crippen LogP contribution in [0.15, 0.2) is 35.4 Å². The molecule has 0 saturated carbocycles. The minimum absolute atomic E-state index is 0.515. The number of aromatic nitrogens is 1. The Morgan fingerprint density at radius 1 is 1.11 bits per heavy atom. The van der Waals surface area contributed by atoms with Gasteiger partial charge < -0.3 is 9.47 Å². The van der Waals surface area contributed by atoms with Gasteiger partial charge in [-0.3, -0.25) is 9.59 Å². The maximum atomic E-state index is 12.1. The molecule has 1 aliphatic rings. The lowest BCUT2D eigenvalue weighted by Crippen LogP contribution is -2.43. The zero-order chi connectivity index (χ0) is 19.4. The van der Waals surface area contributed by atoms with E-state index in [9.17, 15) is 9.59 Å². The monoisotopic (exact) mass is 386 g/mol. The van der Waals surface area contributed by atoms with Crippen LogP contribution in [0.5, 0.6) is 0 Å². The molecule has 7 heteroatoms. The molecule has 1 N–H and O–H groups in total. The highest BCUT2D eigenvalue weighted by Crippen LogP contribution is 2.21. The molecular weight excluding hydrogens is 364 g/mol. The number of rotatable bonds is 3. The van der Waals surface area contributed by atoms with Gasteiger partial charge in [0.05, 0.1) is 6.21 Å². The van der Waals surface area contributed by atoms with Gasteiger partial charge in [0.15, 0.2) is 0 Å². The van der Waals surface area contributed by atoms with Gasteiger partial charge >= 0.3 is 11.8 Å². The average molecular weight is 387 g/mol. The number of aryl methyl sites for hydroxylation is 1. The molecule has 1 saturated heterocycles. The molecule has 0 aliphatic carbocycles. The summed E-state index contributed by atoms with van der Waals surface area (Å²) in [6.45, 7) is 5.25. The number of hydrazone groups is 1. The van der Waals surface area contributed by atoms with E-state index >= 15 is 0 Å². The molecule has 2 heterocycles. The number of hydrogen-bond acceptors (Lipinski definition) is 3. The predicted molar refractivity (Wildman–Crippen MR) is 106 cm³/mol. The molecule has 0 bridgehead atoms. The fraction of sp³-hybridized carbons (Fsp3) is 0.350. The topological polar surface area (TPSA) is 66.7 Å². The van der Waals surface area contributed by atoms with Gasteiger partial charge in [-0.15, -0.1) is 0 Å². The third-order valence-electron chi connectivity index (χ3n) is 4.76. The third-order valence-corrected chi connectivity index (χ3v) is 5.01. The van der Waals surface area contributed by atoms with Crippen LogP contribution in [0.1, 0.15) is 36.2 Å². The summed E-state index contributed by atoms with van der Waals surface area (Å²) in [5.74, 6) is -1.21. The Morgan fingerprint density at radius 2 is 1.78 bits per heavy atom. The summed E-state index contributed by atoms with van der Waals surface area (Å²) in [4.78, 5) is 25.7. The van der Waals surface area contributed by atoms with Gasteiger partial charge in [-0.2, -0.15) is 5.10 Å². The number of hydrogen-bond donors (Lipinski definition) is 1. The summed E-state index contributed by atoms with van der Waals surface area (Å²) >= 11 is 5.96. The Balaban J connectivity index is 1.68. The SMILES string of the molecule is Cc1cc(/C=N\NC(=O)C(=O)N2CCCCC2)c(C)n1-c1ccc(Cl)cc1. The second-order valence-corrected chi connectivity index (χ2v) is 7.13. The van der Waals surface area contributed by atoms with Crippen LogP contribution in [-0.2, 0) is 9.59 Å². The largest absolute Gasteiger partial charge is 0.334 e. The number of amides is 2. The van der Waals surface area contributed by atoms with Crippen molar-refractivity contribution in [2.75, 3.05) is 13.1 Å². The lowest BCUT2D eigenvalue weighted by Gasteiger charge is -2.25. The van der Waals surface area contributed by atoms with Crippen molar-refractivity contribution >= 4 is 29.6 Å². The van der Waals surface area contributed by atoms with E-state index in [0.717, 1.165) is 41.9 Å². The molecule has 0 atom stereocenters. The molecular formula is C20H23ClN4O2. The summed E-state index contributed by atoms with van der Waals surface area (Å²) in [7, 11) is 0. The Bertz CT molecular complexity index is 865. The normalized spacial score (nSPS) is 14.6. The van der Waals surface area contributed by atoms with E-state index in [0.29, 0.717) is 18.1 Å². The summed E-state index contributed by atoms with van der Waals surface area (Å²) in [5, 5.41) is 4.66. The summed E-state index contributed by atoms with van der Waals surface area (Å²) in [5.41, 5.74) is 6.23. The number of carbonyl (C=O) groups excluding carboxylic acids is 2. The molecule has 0 unspecified atom stereocenters. The predicted octanol–water partition coefficient (Wildman–Crippen LogP) is 3.21. The summed E-state index contributed by atoms with van der Waals surface area (Å²) in [6.07, 6.45) is 4.56. The zero-order valence-corrected chi connectivity index (χ0v) is 16.3. The Kier molecular flexibility index (Phi) is 5.96. The van der Waals surface area contributed by atoms with Gasteiger partial charge in [0, 0.05) is 40.8 Å². The van der Waals surface area contributed by atoms with Gasteiger partial charge in [0.2, 0.25) is 0 Å². The molecule has 27 heavy (non-hydrogen) atoms.